The third-order valence-electron chi connectivity index (χ3n) is 6.95. The lowest BCUT2D eigenvalue weighted by Crippen LogP contribution is -2.53. The molecule has 2 aromatic carbocycles. The summed E-state index contributed by atoms with van der Waals surface area (Å²) in [7, 11) is -4.69. The number of alkyl halides is 2. The average molecular weight is 637 g/mol. The summed E-state index contributed by atoms with van der Waals surface area (Å²) in [5.74, 6) is -0.786. The largest absolute Gasteiger partial charge is 0.462 e. The highest BCUT2D eigenvalue weighted by molar-refractivity contribution is 7.52. The van der Waals surface area contributed by atoms with Gasteiger partial charge in [-0.2, -0.15) is 5.09 Å². The molecule has 0 spiro atoms. The lowest BCUT2D eigenvalue weighted by molar-refractivity contribution is -0.191. The number of rotatable bonds is 11. The van der Waals surface area contributed by atoms with E-state index >= 15 is 0 Å². The van der Waals surface area contributed by atoms with Gasteiger partial charge in [0.1, 0.15) is 35.8 Å². The quantitative estimate of drug-likeness (QED) is 0.139. The predicted molar refractivity (Wildman–Crippen MR) is 153 cm³/mol. The molecule has 2 aromatic heterocycles. The molecule has 0 aliphatic carbocycles. The Morgan fingerprint density at radius 2 is 1.89 bits per heavy atom. The summed E-state index contributed by atoms with van der Waals surface area (Å²) in [4.78, 5) is 24.4. The van der Waals surface area contributed by atoms with Crippen LogP contribution in [0, 0.1) is 0 Å². The lowest BCUT2D eigenvalue weighted by Gasteiger charge is -2.32. The SMILES string of the molecule is CC(C)OC(=O)[C@H](C)N[P@](=O)(OC[C@@]1(C(F)F)O[C@@H](n2cnc3c(N)ncnc32)[C@H](O)[C@@H]1O)Oc1ccc2ccccc2c1. The molecule has 44 heavy (non-hydrogen) atoms. The zero-order valence-electron chi connectivity index (χ0n) is 23.8. The van der Waals surface area contributed by atoms with Crippen molar-refractivity contribution in [3.63, 3.8) is 0 Å². The minimum atomic E-state index is -4.69. The van der Waals surface area contributed by atoms with Crippen LogP contribution in [0.1, 0.15) is 27.0 Å². The van der Waals surface area contributed by atoms with Crippen LogP contribution in [0.15, 0.2) is 55.1 Å². The number of nitrogens with one attached hydrogen (secondary N) is 1. The lowest BCUT2D eigenvalue weighted by atomic mass is 9.96. The van der Waals surface area contributed by atoms with Crippen molar-refractivity contribution in [3.8, 4) is 5.75 Å². The summed E-state index contributed by atoms with van der Waals surface area (Å²) in [5, 5.41) is 25.7. The van der Waals surface area contributed by atoms with Crippen LogP contribution in [0.5, 0.6) is 5.75 Å². The third-order valence-corrected chi connectivity index (χ3v) is 8.57. The van der Waals surface area contributed by atoms with E-state index in [2.05, 4.69) is 20.0 Å². The second-order valence-electron chi connectivity index (χ2n) is 10.5. The van der Waals surface area contributed by atoms with Crippen LogP contribution in [0.3, 0.4) is 0 Å². The van der Waals surface area contributed by atoms with Crippen molar-refractivity contribution in [3.05, 3.63) is 55.1 Å². The maximum atomic E-state index is 14.8. The fraction of sp³-hybridized carbons (Fsp3) is 0.407. The first-order valence-electron chi connectivity index (χ1n) is 13.5. The number of fused-ring (bicyclic) bond motifs is 2. The number of ether oxygens (including phenoxy) is 2. The number of benzene rings is 2. The number of imidazole rings is 1. The van der Waals surface area contributed by atoms with Gasteiger partial charge in [0.25, 0.3) is 6.43 Å². The molecule has 6 atom stereocenters. The summed E-state index contributed by atoms with van der Waals surface area (Å²) in [6.07, 6.45) is -7.54. The molecule has 1 aliphatic rings. The average Bonchev–Trinajstić information content (AvgIpc) is 3.51. The van der Waals surface area contributed by atoms with Crippen molar-refractivity contribution in [2.45, 2.75) is 63.4 Å². The molecule has 4 aromatic rings. The predicted octanol–water partition coefficient (Wildman–Crippen LogP) is 2.95. The number of nitrogens with zero attached hydrogens (tertiary/aromatic N) is 4. The van der Waals surface area contributed by atoms with E-state index in [0.29, 0.717) is 5.39 Å². The third kappa shape index (κ3) is 6.09. The molecular weight excluding hydrogens is 605 g/mol. The van der Waals surface area contributed by atoms with E-state index in [9.17, 15) is 28.4 Å². The molecule has 1 saturated heterocycles. The van der Waals surface area contributed by atoms with Crippen LogP contribution in [0.4, 0.5) is 14.6 Å². The monoisotopic (exact) mass is 636 g/mol. The Morgan fingerprint density at radius 3 is 2.59 bits per heavy atom. The molecule has 0 unspecified atom stereocenters. The summed E-state index contributed by atoms with van der Waals surface area (Å²) in [5.41, 5.74) is 3.05. The minimum absolute atomic E-state index is 0.00629. The zero-order chi connectivity index (χ0) is 31.8. The topological polar surface area (TPSA) is 193 Å². The van der Waals surface area contributed by atoms with E-state index in [4.69, 9.17) is 24.3 Å². The number of anilines is 1. The second-order valence-corrected chi connectivity index (χ2v) is 12.2. The van der Waals surface area contributed by atoms with Crippen molar-refractivity contribution < 1.29 is 46.9 Å². The van der Waals surface area contributed by atoms with Gasteiger partial charge in [0.15, 0.2) is 23.3 Å². The summed E-state index contributed by atoms with van der Waals surface area (Å²) >= 11 is 0. The van der Waals surface area contributed by atoms with Gasteiger partial charge in [0.05, 0.1) is 19.0 Å². The molecule has 3 heterocycles. The van der Waals surface area contributed by atoms with Gasteiger partial charge in [-0.25, -0.2) is 28.3 Å². The molecule has 0 amide bonds. The van der Waals surface area contributed by atoms with Crippen LogP contribution in [0.25, 0.3) is 21.9 Å². The number of hydrogen-bond donors (Lipinski definition) is 4. The van der Waals surface area contributed by atoms with Gasteiger partial charge in [0, 0.05) is 0 Å². The summed E-state index contributed by atoms with van der Waals surface area (Å²) in [6.45, 7) is 3.31. The van der Waals surface area contributed by atoms with E-state index in [-0.39, 0.29) is 22.7 Å². The van der Waals surface area contributed by atoms with Crippen LogP contribution >= 0.6 is 7.75 Å². The molecule has 1 fully saturated rings. The molecule has 1 aliphatic heterocycles. The first-order chi connectivity index (χ1) is 20.8. The normalized spacial score (nSPS) is 24.2. The van der Waals surface area contributed by atoms with E-state index in [0.717, 1.165) is 22.6 Å². The maximum Gasteiger partial charge on any atom is 0.459 e. The number of hydrogen-bond acceptors (Lipinski definition) is 12. The van der Waals surface area contributed by atoms with Gasteiger partial charge in [-0.1, -0.05) is 30.3 Å². The van der Waals surface area contributed by atoms with Gasteiger partial charge in [-0.3, -0.25) is 13.9 Å². The standard InChI is InChI=1S/C27H31F2N6O8P/c1-14(2)41-25(38)15(3)34-44(39,43-18-9-8-16-6-4-5-7-17(16)10-18)40-11-27(26(28)29)21(37)20(36)24(42-27)35-13-33-19-22(30)31-12-32-23(19)35/h4-10,12-15,20-21,24,26,36-37H,11H2,1-3H3,(H,34,39)(H2,30,31,32)/t15-,20+,21-,24+,27+,44-/m0/s1. The summed E-state index contributed by atoms with van der Waals surface area (Å²) in [6, 6.07) is 10.7. The Bertz CT molecular complexity index is 1710. The van der Waals surface area contributed by atoms with E-state index in [1.807, 2.05) is 12.1 Å². The molecule has 0 radical (unpaired) electrons. The van der Waals surface area contributed by atoms with Crippen molar-refractivity contribution >= 4 is 41.5 Å². The van der Waals surface area contributed by atoms with Crippen molar-refractivity contribution in [1.82, 2.24) is 24.6 Å². The highest BCUT2D eigenvalue weighted by atomic mass is 31.2. The minimum Gasteiger partial charge on any atom is -0.462 e. The number of esters is 1. The van der Waals surface area contributed by atoms with Crippen molar-refractivity contribution in [2.75, 3.05) is 12.3 Å². The molecule has 14 nitrogen and oxygen atoms in total. The molecule has 5 rings (SSSR count). The van der Waals surface area contributed by atoms with Gasteiger partial charge in [-0.05, 0) is 43.7 Å². The summed E-state index contributed by atoms with van der Waals surface area (Å²) < 4.78 is 66.6. The number of aliphatic hydroxyl groups is 2. The van der Waals surface area contributed by atoms with Crippen LogP contribution in [0.2, 0.25) is 0 Å². The zero-order valence-corrected chi connectivity index (χ0v) is 24.7. The fourth-order valence-corrected chi connectivity index (χ4v) is 6.24. The number of aliphatic hydroxyl groups excluding tert-OH is 2. The van der Waals surface area contributed by atoms with Crippen molar-refractivity contribution in [1.29, 1.82) is 0 Å². The van der Waals surface area contributed by atoms with Gasteiger partial charge < -0.3 is 29.9 Å². The number of carbonyl (C=O) groups excluding carboxylic acids is 1. The molecular formula is C27H31F2N6O8P. The Hall–Kier alpha value is -3.79. The molecule has 0 saturated carbocycles. The number of nitrogen functional groups attached to an aromatic ring is 1. The Balaban J connectivity index is 1.45. The number of aromatic nitrogens is 4. The van der Waals surface area contributed by atoms with Crippen LogP contribution < -0.4 is 15.3 Å². The van der Waals surface area contributed by atoms with Gasteiger partial charge in [0.2, 0.25) is 0 Å². The van der Waals surface area contributed by atoms with Gasteiger partial charge in [-0.15, -0.1) is 0 Å². The highest BCUT2D eigenvalue weighted by Crippen LogP contribution is 2.49. The number of nitrogens with two attached hydrogens (primary N) is 1. The first-order valence-corrected chi connectivity index (χ1v) is 15.0. The first kappa shape index (κ1) is 31.6. The highest BCUT2D eigenvalue weighted by Gasteiger charge is 2.61. The molecule has 0 bridgehead atoms. The molecule has 5 N–H and O–H groups in total. The van der Waals surface area contributed by atoms with E-state index in [1.165, 1.54) is 13.0 Å². The smallest absolute Gasteiger partial charge is 0.459 e. The maximum absolute atomic E-state index is 14.8. The Morgan fingerprint density at radius 1 is 1.16 bits per heavy atom. The van der Waals surface area contributed by atoms with Gasteiger partial charge >= 0.3 is 13.7 Å². The van der Waals surface area contributed by atoms with Crippen LogP contribution in [-0.2, 0) is 23.4 Å². The fourth-order valence-electron chi connectivity index (χ4n) is 4.71. The Labute approximate surface area is 249 Å². The Kier molecular flexibility index (Phi) is 8.84. The second kappa shape index (κ2) is 12.3. The van der Waals surface area contributed by atoms with E-state index < -0.39 is 62.9 Å². The van der Waals surface area contributed by atoms with E-state index in [1.54, 1.807) is 38.1 Å². The van der Waals surface area contributed by atoms with Crippen molar-refractivity contribution in [2.24, 2.45) is 0 Å². The number of carbonyl (C=O) groups is 1. The number of halogens is 2. The molecule has 236 valence electrons. The molecule has 17 heteroatoms. The van der Waals surface area contributed by atoms with Crippen LogP contribution in [-0.4, -0.2) is 78.7 Å².